The van der Waals surface area contributed by atoms with Crippen molar-refractivity contribution >= 4 is 5.65 Å². The first-order valence-electron chi connectivity index (χ1n) is 4.12. The van der Waals surface area contributed by atoms with Crippen LogP contribution in [0.4, 0.5) is 0 Å². The molecule has 0 spiro atoms. The third-order valence-electron chi connectivity index (χ3n) is 1.42. The Bertz CT molecular complexity index is 351. The summed E-state index contributed by atoms with van der Waals surface area (Å²) in [7, 11) is 0. The Morgan fingerprint density at radius 3 is 2.75 bits per heavy atom. The summed E-state index contributed by atoms with van der Waals surface area (Å²) >= 11 is 0. The van der Waals surface area contributed by atoms with Crippen LogP contribution in [0.25, 0.3) is 5.65 Å². The van der Waals surface area contributed by atoms with Crippen LogP contribution in [0.15, 0.2) is 24.7 Å². The Morgan fingerprint density at radius 1 is 1.25 bits per heavy atom. The first-order valence-corrected chi connectivity index (χ1v) is 4.12. The molecule has 12 heavy (non-hydrogen) atoms. The van der Waals surface area contributed by atoms with Crippen molar-refractivity contribution in [2.75, 3.05) is 0 Å². The molecule has 0 bridgehead atoms. The fraction of sp³-hybridized carbons (Fsp3) is 0.333. The van der Waals surface area contributed by atoms with E-state index < -0.39 is 0 Å². The number of pyridine rings is 1. The molecular weight excluding hydrogens is 150 g/mol. The number of fused-ring (bicyclic) bond motifs is 1. The molecule has 0 fully saturated rings. The Balaban J connectivity index is 0.000000336. The SMILES string of the molecule is CC.Cc1ccc2ncnn2c1. The molecule has 2 heterocycles. The Kier molecular flexibility index (Phi) is 2.80. The van der Waals surface area contributed by atoms with Crippen LogP contribution in [0.5, 0.6) is 0 Å². The minimum Gasteiger partial charge on any atom is -0.221 e. The van der Waals surface area contributed by atoms with Crippen molar-refractivity contribution in [3.63, 3.8) is 0 Å². The molecule has 0 aliphatic heterocycles. The van der Waals surface area contributed by atoms with Crippen molar-refractivity contribution < 1.29 is 0 Å². The second-order valence-electron chi connectivity index (χ2n) is 2.27. The predicted octanol–water partition coefficient (Wildman–Crippen LogP) is 2.06. The molecule has 0 N–H and O–H groups in total. The van der Waals surface area contributed by atoms with E-state index in [1.54, 1.807) is 10.8 Å². The monoisotopic (exact) mass is 163 g/mol. The van der Waals surface area contributed by atoms with Gasteiger partial charge in [-0.25, -0.2) is 9.50 Å². The molecular formula is C9H13N3. The maximum absolute atomic E-state index is 4.01. The van der Waals surface area contributed by atoms with Crippen molar-refractivity contribution in [3.8, 4) is 0 Å². The molecule has 0 amide bonds. The van der Waals surface area contributed by atoms with Gasteiger partial charge in [-0.1, -0.05) is 19.9 Å². The summed E-state index contributed by atoms with van der Waals surface area (Å²) in [5.41, 5.74) is 2.09. The van der Waals surface area contributed by atoms with Gasteiger partial charge in [0, 0.05) is 6.20 Å². The topological polar surface area (TPSA) is 30.2 Å². The number of nitrogens with zero attached hydrogens (tertiary/aromatic N) is 3. The molecule has 0 aliphatic carbocycles. The van der Waals surface area contributed by atoms with Crippen LogP contribution in [-0.4, -0.2) is 14.6 Å². The number of hydrogen-bond acceptors (Lipinski definition) is 2. The smallest absolute Gasteiger partial charge is 0.155 e. The highest BCUT2D eigenvalue weighted by Crippen LogP contribution is 1.99. The van der Waals surface area contributed by atoms with Gasteiger partial charge in [-0.2, -0.15) is 5.10 Å². The molecule has 3 heteroatoms. The van der Waals surface area contributed by atoms with Crippen LogP contribution >= 0.6 is 0 Å². The summed E-state index contributed by atoms with van der Waals surface area (Å²) in [6.45, 7) is 6.03. The molecule has 0 radical (unpaired) electrons. The van der Waals surface area contributed by atoms with Crippen LogP contribution in [0.1, 0.15) is 19.4 Å². The van der Waals surface area contributed by atoms with Gasteiger partial charge in [-0.05, 0) is 18.6 Å². The molecule has 0 aromatic carbocycles. The van der Waals surface area contributed by atoms with Crippen molar-refractivity contribution in [2.24, 2.45) is 0 Å². The van der Waals surface area contributed by atoms with Gasteiger partial charge >= 0.3 is 0 Å². The fourth-order valence-electron chi connectivity index (χ4n) is 0.920. The molecule has 2 rings (SSSR count). The predicted molar refractivity (Wildman–Crippen MR) is 49.1 cm³/mol. The zero-order valence-electron chi connectivity index (χ0n) is 7.65. The third kappa shape index (κ3) is 1.61. The lowest BCUT2D eigenvalue weighted by molar-refractivity contribution is 0.952. The minimum absolute atomic E-state index is 0.894. The Morgan fingerprint density at radius 2 is 2.00 bits per heavy atom. The van der Waals surface area contributed by atoms with E-state index in [0.29, 0.717) is 0 Å². The molecule has 3 nitrogen and oxygen atoms in total. The van der Waals surface area contributed by atoms with Gasteiger partial charge in [0.1, 0.15) is 6.33 Å². The highest BCUT2D eigenvalue weighted by Gasteiger charge is 1.91. The molecule has 2 aromatic heterocycles. The largest absolute Gasteiger partial charge is 0.221 e. The summed E-state index contributed by atoms with van der Waals surface area (Å²) in [4.78, 5) is 4.01. The van der Waals surface area contributed by atoms with Gasteiger partial charge in [0.2, 0.25) is 0 Å². The standard InChI is InChI=1S/C7H7N3.C2H6/c1-6-2-3-7-8-5-9-10(7)4-6;1-2/h2-5H,1H3;1-2H3. The number of aryl methyl sites for hydroxylation is 1. The number of aromatic nitrogens is 3. The average molecular weight is 163 g/mol. The molecule has 0 aliphatic rings. The van der Waals surface area contributed by atoms with Crippen LogP contribution in [0, 0.1) is 6.92 Å². The summed E-state index contributed by atoms with van der Waals surface area (Å²) in [6, 6.07) is 3.96. The maximum Gasteiger partial charge on any atom is 0.155 e. The van der Waals surface area contributed by atoms with E-state index in [1.807, 2.05) is 39.1 Å². The normalized spacial score (nSPS) is 9.25. The van der Waals surface area contributed by atoms with Gasteiger partial charge in [0.15, 0.2) is 5.65 Å². The summed E-state index contributed by atoms with van der Waals surface area (Å²) in [6.07, 6.45) is 3.50. The lowest BCUT2D eigenvalue weighted by atomic mass is 10.3. The van der Waals surface area contributed by atoms with Crippen molar-refractivity contribution in [1.82, 2.24) is 14.6 Å². The van der Waals surface area contributed by atoms with E-state index in [4.69, 9.17) is 0 Å². The maximum atomic E-state index is 4.01. The number of hydrogen-bond donors (Lipinski definition) is 0. The molecule has 2 aromatic rings. The van der Waals surface area contributed by atoms with E-state index in [-0.39, 0.29) is 0 Å². The summed E-state index contributed by atoms with van der Waals surface area (Å²) in [5.74, 6) is 0. The van der Waals surface area contributed by atoms with E-state index >= 15 is 0 Å². The molecule has 64 valence electrons. The lowest BCUT2D eigenvalue weighted by Gasteiger charge is -1.91. The molecule has 0 atom stereocenters. The Hall–Kier alpha value is -1.38. The zero-order chi connectivity index (χ0) is 8.97. The third-order valence-corrected chi connectivity index (χ3v) is 1.42. The van der Waals surface area contributed by atoms with Gasteiger partial charge in [0.25, 0.3) is 0 Å². The highest BCUT2D eigenvalue weighted by atomic mass is 15.3. The molecule has 0 saturated carbocycles. The molecule has 0 saturated heterocycles. The quantitative estimate of drug-likeness (QED) is 0.595. The van der Waals surface area contributed by atoms with E-state index in [2.05, 4.69) is 10.1 Å². The number of rotatable bonds is 0. The summed E-state index contributed by atoms with van der Waals surface area (Å²) < 4.78 is 1.76. The van der Waals surface area contributed by atoms with E-state index in [1.165, 1.54) is 5.56 Å². The first kappa shape index (κ1) is 8.71. The summed E-state index contributed by atoms with van der Waals surface area (Å²) in [5, 5.41) is 3.99. The average Bonchev–Trinajstić information content (AvgIpc) is 2.54. The zero-order valence-corrected chi connectivity index (χ0v) is 7.65. The highest BCUT2D eigenvalue weighted by molar-refractivity contribution is 5.36. The van der Waals surface area contributed by atoms with Gasteiger partial charge < -0.3 is 0 Å². The van der Waals surface area contributed by atoms with Gasteiger partial charge in [-0.3, -0.25) is 0 Å². The second-order valence-corrected chi connectivity index (χ2v) is 2.27. The molecule has 0 unspecified atom stereocenters. The second kappa shape index (κ2) is 3.85. The van der Waals surface area contributed by atoms with Crippen molar-refractivity contribution in [2.45, 2.75) is 20.8 Å². The fourth-order valence-corrected chi connectivity index (χ4v) is 0.920. The van der Waals surface area contributed by atoms with Crippen LogP contribution in [-0.2, 0) is 0 Å². The van der Waals surface area contributed by atoms with Gasteiger partial charge in [-0.15, -0.1) is 0 Å². The van der Waals surface area contributed by atoms with E-state index in [9.17, 15) is 0 Å². The van der Waals surface area contributed by atoms with Crippen LogP contribution in [0.3, 0.4) is 0 Å². The lowest BCUT2D eigenvalue weighted by Crippen LogP contribution is -1.86. The van der Waals surface area contributed by atoms with Crippen molar-refractivity contribution in [1.29, 1.82) is 0 Å². The van der Waals surface area contributed by atoms with Gasteiger partial charge in [0.05, 0.1) is 0 Å². The minimum atomic E-state index is 0.894. The van der Waals surface area contributed by atoms with Crippen LogP contribution < -0.4 is 0 Å². The van der Waals surface area contributed by atoms with Crippen LogP contribution in [0.2, 0.25) is 0 Å². The Labute approximate surface area is 72.1 Å². The van der Waals surface area contributed by atoms with Crippen molar-refractivity contribution in [3.05, 3.63) is 30.2 Å². The first-order chi connectivity index (χ1) is 5.86. The van der Waals surface area contributed by atoms with E-state index in [0.717, 1.165) is 5.65 Å².